The first-order valence-electron chi connectivity index (χ1n) is 5.29. The van der Waals surface area contributed by atoms with Crippen LogP contribution in [0, 0.1) is 0 Å². The fraction of sp³-hybridized carbons (Fsp3) is 0.900. The van der Waals surface area contributed by atoms with E-state index >= 15 is 0 Å². The van der Waals surface area contributed by atoms with Crippen LogP contribution in [-0.4, -0.2) is 35.9 Å². The number of piperidine rings is 1. The molecule has 1 amide bonds. The van der Waals surface area contributed by atoms with Gasteiger partial charge in [-0.2, -0.15) is 0 Å². The van der Waals surface area contributed by atoms with Gasteiger partial charge in [0.05, 0.1) is 6.04 Å². The van der Waals surface area contributed by atoms with Crippen LogP contribution < -0.4 is 5.32 Å². The summed E-state index contributed by atoms with van der Waals surface area (Å²) in [5.41, 5.74) is -0.649. The molecular weight excluding hydrogens is 199 g/mol. The number of hydrogen-bond acceptors (Lipinski definition) is 3. The summed E-state index contributed by atoms with van der Waals surface area (Å²) in [6.07, 6.45) is 0.674. The van der Waals surface area contributed by atoms with Crippen molar-refractivity contribution in [1.82, 2.24) is 10.4 Å². The molecular formula is C10H19FN2O2. The summed E-state index contributed by atoms with van der Waals surface area (Å²) < 4.78 is 18.5. The van der Waals surface area contributed by atoms with E-state index in [1.54, 1.807) is 20.8 Å². The van der Waals surface area contributed by atoms with Gasteiger partial charge in [0.1, 0.15) is 5.60 Å². The Balaban J connectivity index is 2.44. The number of rotatable bonds is 1. The van der Waals surface area contributed by atoms with Crippen molar-refractivity contribution in [3.8, 4) is 0 Å². The van der Waals surface area contributed by atoms with E-state index in [1.165, 1.54) is 0 Å². The Morgan fingerprint density at radius 2 is 2.20 bits per heavy atom. The molecule has 0 aromatic carbocycles. The first-order chi connectivity index (χ1) is 6.90. The third-order valence-electron chi connectivity index (χ3n) is 2.16. The van der Waals surface area contributed by atoms with Gasteiger partial charge in [0.25, 0.3) is 0 Å². The van der Waals surface area contributed by atoms with Crippen LogP contribution in [-0.2, 0) is 4.74 Å². The van der Waals surface area contributed by atoms with Crippen LogP contribution >= 0.6 is 0 Å². The largest absolute Gasteiger partial charge is 0.442 e. The van der Waals surface area contributed by atoms with E-state index in [9.17, 15) is 9.28 Å². The van der Waals surface area contributed by atoms with Crippen LogP contribution in [0.4, 0.5) is 9.28 Å². The average Bonchev–Trinajstić information content (AvgIpc) is 2.15. The number of amides is 1. The topological polar surface area (TPSA) is 41.6 Å². The summed E-state index contributed by atoms with van der Waals surface area (Å²) in [6.45, 7) is 6.54. The van der Waals surface area contributed by atoms with Crippen LogP contribution in [0.25, 0.3) is 0 Å². The summed E-state index contributed by atoms with van der Waals surface area (Å²) in [7, 11) is 0. The molecule has 0 aromatic rings. The molecule has 1 aliphatic heterocycles. The van der Waals surface area contributed by atoms with Gasteiger partial charge < -0.3 is 10.1 Å². The highest BCUT2D eigenvalue weighted by atomic mass is 19.2. The summed E-state index contributed by atoms with van der Waals surface area (Å²) in [6, 6.07) is -0.395. The van der Waals surface area contributed by atoms with Crippen molar-refractivity contribution < 1.29 is 14.0 Å². The predicted octanol–water partition coefficient (Wildman–Crippen LogP) is 1.86. The Morgan fingerprint density at radius 1 is 1.53 bits per heavy atom. The van der Waals surface area contributed by atoms with Gasteiger partial charge in [-0.15, -0.1) is 5.12 Å². The number of carbonyl (C=O) groups is 1. The van der Waals surface area contributed by atoms with Gasteiger partial charge in [0.15, 0.2) is 0 Å². The zero-order valence-corrected chi connectivity index (χ0v) is 9.55. The number of carbonyl (C=O) groups excluding carboxylic acids is 1. The SMILES string of the molecule is CC(C)(C)OC(=O)N(F)C1CCCNC1. The minimum Gasteiger partial charge on any atom is -0.442 e. The molecule has 0 aromatic heterocycles. The van der Waals surface area contributed by atoms with Gasteiger partial charge in [-0.05, 0) is 40.2 Å². The van der Waals surface area contributed by atoms with Crippen molar-refractivity contribution in [2.75, 3.05) is 13.1 Å². The van der Waals surface area contributed by atoms with Crippen molar-refractivity contribution in [2.45, 2.75) is 45.3 Å². The number of halogens is 1. The van der Waals surface area contributed by atoms with Crippen LogP contribution in [0.2, 0.25) is 0 Å². The Bertz CT molecular complexity index is 222. The van der Waals surface area contributed by atoms with E-state index in [-0.39, 0.29) is 5.12 Å². The van der Waals surface area contributed by atoms with E-state index in [0.29, 0.717) is 13.0 Å². The van der Waals surface area contributed by atoms with Crippen LogP contribution in [0.3, 0.4) is 0 Å². The summed E-state index contributed by atoms with van der Waals surface area (Å²) in [4.78, 5) is 11.4. The Labute approximate surface area is 89.7 Å². The fourth-order valence-electron chi connectivity index (χ4n) is 1.48. The summed E-state index contributed by atoms with van der Waals surface area (Å²) >= 11 is 0. The predicted molar refractivity (Wildman–Crippen MR) is 55.1 cm³/mol. The molecule has 1 heterocycles. The van der Waals surface area contributed by atoms with Crippen molar-refractivity contribution in [1.29, 1.82) is 0 Å². The van der Waals surface area contributed by atoms with Crippen molar-refractivity contribution in [3.05, 3.63) is 0 Å². The lowest BCUT2D eigenvalue weighted by Gasteiger charge is -2.29. The van der Waals surface area contributed by atoms with Crippen LogP contribution in [0.5, 0.6) is 0 Å². The van der Waals surface area contributed by atoms with E-state index < -0.39 is 17.7 Å². The smallest absolute Gasteiger partial charge is 0.438 e. The van der Waals surface area contributed by atoms with E-state index in [1.807, 2.05) is 0 Å². The van der Waals surface area contributed by atoms with Gasteiger partial charge in [-0.25, -0.2) is 4.79 Å². The first kappa shape index (κ1) is 12.2. The quantitative estimate of drug-likeness (QED) is 0.683. The number of hydrogen-bond donors (Lipinski definition) is 1. The van der Waals surface area contributed by atoms with E-state index in [2.05, 4.69) is 5.32 Å². The maximum absolute atomic E-state index is 13.5. The van der Waals surface area contributed by atoms with E-state index in [4.69, 9.17) is 4.74 Å². The molecule has 0 aliphatic carbocycles. The summed E-state index contributed by atoms with van der Waals surface area (Å²) in [5, 5.41) is 3.25. The molecule has 0 spiro atoms. The molecule has 5 heteroatoms. The highest BCUT2D eigenvalue weighted by molar-refractivity contribution is 5.67. The Morgan fingerprint density at radius 3 is 2.67 bits per heavy atom. The highest BCUT2D eigenvalue weighted by Crippen LogP contribution is 2.15. The zero-order chi connectivity index (χ0) is 11.5. The monoisotopic (exact) mass is 218 g/mol. The molecule has 0 bridgehead atoms. The maximum atomic E-state index is 13.5. The second-order valence-electron chi connectivity index (χ2n) is 4.79. The Hall–Kier alpha value is -0.840. The molecule has 1 aliphatic rings. The van der Waals surface area contributed by atoms with Gasteiger partial charge >= 0.3 is 6.09 Å². The second kappa shape index (κ2) is 4.79. The standard InChI is InChI=1S/C10H19FN2O2/c1-10(2,3)15-9(14)13(11)8-5-4-6-12-7-8/h8,12H,4-7H2,1-3H3. The zero-order valence-electron chi connectivity index (χ0n) is 9.55. The minimum atomic E-state index is -0.892. The fourth-order valence-corrected chi connectivity index (χ4v) is 1.48. The molecule has 1 N–H and O–H groups in total. The number of nitrogens with one attached hydrogen (secondary N) is 1. The van der Waals surface area contributed by atoms with Crippen molar-refractivity contribution >= 4 is 6.09 Å². The molecule has 1 fully saturated rings. The van der Waals surface area contributed by atoms with Crippen LogP contribution in [0.15, 0.2) is 0 Å². The first-order valence-corrected chi connectivity index (χ1v) is 5.29. The van der Waals surface area contributed by atoms with Gasteiger partial charge in [0.2, 0.25) is 0 Å². The second-order valence-corrected chi connectivity index (χ2v) is 4.79. The molecule has 0 saturated carbocycles. The van der Waals surface area contributed by atoms with E-state index in [0.717, 1.165) is 13.0 Å². The molecule has 0 radical (unpaired) electrons. The van der Waals surface area contributed by atoms with Gasteiger partial charge in [0, 0.05) is 6.54 Å². The highest BCUT2D eigenvalue weighted by Gasteiger charge is 2.29. The average molecular weight is 218 g/mol. The lowest BCUT2D eigenvalue weighted by Crippen LogP contribution is -2.46. The Kier molecular flexibility index (Phi) is 3.90. The molecule has 1 rings (SSSR count). The summed E-state index contributed by atoms with van der Waals surface area (Å²) in [5.74, 6) is 0. The minimum absolute atomic E-state index is 0.206. The lowest BCUT2D eigenvalue weighted by atomic mass is 10.1. The molecule has 15 heavy (non-hydrogen) atoms. The lowest BCUT2D eigenvalue weighted by molar-refractivity contribution is -0.0562. The van der Waals surface area contributed by atoms with Gasteiger partial charge in [-0.1, -0.05) is 4.48 Å². The molecule has 4 nitrogen and oxygen atoms in total. The van der Waals surface area contributed by atoms with Crippen LogP contribution in [0.1, 0.15) is 33.6 Å². The molecule has 88 valence electrons. The third kappa shape index (κ3) is 4.03. The third-order valence-corrected chi connectivity index (χ3v) is 2.16. The van der Waals surface area contributed by atoms with Gasteiger partial charge in [-0.3, -0.25) is 0 Å². The van der Waals surface area contributed by atoms with Crippen molar-refractivity contribution in [2.24, 2.45) is 0 Å². The number of ether oxygens (including phenoxy) is 1. The maximum Gasteiger partial charge on any atom is 0.438 e. The normalized spacial score (nSPS) is 22.3. The van der Waals surface area contributed by atoms with Crippen molar-refractivity contribution in [3.63, 3.8) is 0 Å². The molecule has 1 unspecified atom stereocenters. The molecule has 1 saturated heterocycles. The number of nitrogens with zero attached hydrogens (tertiary/aromatic N) is 1. The molecule has 1 atom stereocenters.